The average molecular weight is 390 g/mol. The van der Waals surface area contributed by atoms with Crippen molar-refractivity contribution in [3.8, 4) is 0 Å². The molecule has 0 unspecified atom stereocenters. The monoisotopic (exact) mass is 389 g/mol. The molecule has 1 aromatic carbocycles. The number of hydrogen-bond acceptors (Lipinski definition) is 5. The van der Waals surface area contributed by atoms with Crippen molar-refractivity contribution in [1.29, 1.82) is 0 Å². The van der Waals surface area contributed by atoms with Crippen LogP contribution in [-0.4, -0.2) is 46.8 Å². The normalized spacial score (nSPS) is 23.0. The van der Waals surface area contributed by atoms with Crippen molar-refractivity contribution < 1.29 is 12.8 Å². The predicted octanol–water partition coefficient (Wildman–Crippen LogP) is 0.753. The van der Waals surface area contributed by atoms with Gasteiger partial charge in [-0.3, -0.25) is 0 Å². The Morgan fingerprint density at radius 3 is 2.77 bits per heavy atom. The van der Waals surface area contributed by atoms with Crippen LogP contribution in [0.3, 0.4) is 0 Å². The zero-order chi connectivity index (χ0) is 15.9. The topological polar surface area (TPSA) is 94.1 Å². The highest BCUT2D eigenvalue weighted by Crippen LogP contribution is 2.28. The summed E-state index contributed by atoms with van der Waals surface area (Å²) in [5.41, 5.74) is 6.03. The van der Waals surface area contributed by atoms with E-state index in [1.165, 1.54) is 22.6 Å². The average Bonchev–Trinajstić information content (AvgIpc) is 3.10. The molecule has 2 heterocycles. The molecule has 0 amide bonds. The van der Waals surface area contributed by atoms with Crippen LogP contribution in [0.1, 0.15) is 6.04 Å². The van der Waals surface area contributed by atoms with Crippen molar-refractivity contribution in [3.05, 3.63) is 40.9 Å². The molecule has 1 aliphatic rings. The van der Waals surface area contributed by atoms with Crippen molar-refractivity contribution >= 4 is 26.0 Å². The minimum atomic E-state index is -3.74. The summed E-state index contributed by atoms with van der Waals surface area (Å²) in [5, 5.41) is 7.58. The quantitative estimate of drug-likeness (QED) is 0.835. The van der Waals surface area contributed by atoms with Gasteiger partial charge in [0.25, 0.3) is 0 Å². The zero-order valence-corrected chi connectivity index (χ0v) is 13.7. The van der Waals surface area contributed by atoms with E-state index in [1.807, 2.05) is 0 Å². The van der Waals surface area contributed by atoms with E-state index in [4.69, 9.17) is 5.73 Å². The Balaban J connectivity index is 1.89. The number of nitrogens with two attached hydrogens (primary N) is 1. The van der Waals surface area contributed by atoms with Gasteiger partial charge in [0, 0.05) is 25.3 Å². The molecule has 1 saturated heterocycles. The maximum Gasteiger partial charge on any atom is 0.243 e. The molecule has 118 valence electrons. The number of rotatable bonds is 3. The standard InChI is InChI=1S/C12H13BrFN5O2S/c13-9-5-8(1-2-10(9)14)22(20,21)18-6-11(15)12(7-18)19-4-3-16-17-19/h1-5,11-12H,6-7,15H2/t11-,12+/m1/s1. The van der Waals surface area contributed by atoms with E-state index in [9.17, 15) is 12.8 Å². The summed E-state index contributed by atoms with van der Waals surface area (Å²) in [6.07, 6.45) is 3.16. The Bertz CT molecular complexity index is 783. The van der Waals surface area contributed by atoms with Crippen LogP contribution in [0, 0.1) is 5.82 Å². The van der Waals surface area contributed by atoms with Crippen LogP contribution in [-0.2, 0) is 10.0 Å². The third-order valence-electron chi connectivity index (χ3n) is 3.61. The van der Waals surface area contributed by atoms with Crippen LogP contribution in [0.25, 0.3) is 0 Å². The van der Waals surface area contributed by atoms with Gasteiger partial charge in [-0.25, -0.2) is 17.5 Å². The van der Waals surface area contributed by atoms with Gasteiger partial charge in [0.2, 0.25) is 10.0 Å². The molecule has 1 aromatic heterocycles. The maximum atomic E-state index is 13.3. The molecule has 2 N–H and O–H groups in total. The molecule has 2 aromatic rings. The minimum absolute atomic E-state index is 0.0206. The van der Waals surface area contributed by atoms with Crippen molar-refractivity contribution in [3.63, 3.8) is 0 Å². The molecular formula is C12H13BrFN5O2S. The van der Waals surface area contributed by atoms with E-state index in [-0.39, 0.29) is 34.5 Å². The van der Waals surface area contributed by atoms with E-state index in [2.05, 4.69) is 26.2 Å². The van der Waals surface area contributed by atoms with Gasteiger partial charge < -0.3 is 5.73 Å². The molecule has 10 heteroatoms. The van der Waals surface area contributed by atoms with Crippen molar-refractivity contribution in [2.75, 3.05) is 13.1 Å². The zero-order valence-electron chi connectivity index (χ0n) is 11.3. The second kappa shape index (κ2) is 5.69. The smallest absolute Gasteiger partial charge is 0.243 e. The van der Waals surface area contributed by atoms with Crippen molar-refractivity contribution in [1.82, 2.24) is 19.3 Å². The molecular weight excluding hydrogens is 377 g/mol. The van der Waals surface area contributed by atoms with E-state index >= 15 is 0 Å². The number of halogens is 2. The Morgan fingerprint density at radius 1 is 1.36 bits per heavy atom. The molecule has 2 atom stereocenters. The highest BCUT2D eigenvalue weighted by Gasteiger charge is 2.39. The van der Waals surface area contributed by atoms with E-state index in [0.29, 0.717) is 0 Å². The van der Waals surface area contributed by atoms with Gasteiger partial charge in [-0.1, -0.05) is 5.21 Å². The van der Waals surface area contributed by atoms with Gasteiger partial charge in [0.15, 0.2) is 0 Å². The summed E-state index contributed by atoms with van der Waals surface area (Å²) in [6, 6.07) is 2.94. The van der Waals surface area contributed by atoms with Gasteiger partial charge in [0.1, 0.15) is 5.82 Å². The first-order valence-electron chi connectivity index (χ1n) is 6.46. The SMILES string of the molecule is N[C@@H]1CN(S(=O)(=O)c2ccc(F)c(Br)c2)C[C@@H]1n1ccnn1. The summed E-state index contributed by atoms with van der Waals surface area (Å²) in [5.74, 6) is -0.516. The molecule has 0 spiro atoms. The molecule has 0 bridgehead atoms. The van der Waals surface area contributed by atoms with Gasteiger partial charge in [0.05, 0.1) is 21.6 Å². The lowest BCUT2D eigenvalue weighted by Crippen LogP contribution is -2.33. The fourth-order valence-corrected chi connectivity index (χ4v) is 4.48. The lowest BCUT2D eigenvalue weighted by atomic mass is 10.2. The molecule has 0 aliphatic carbocycles. The largest absolute Gasteiger partial charge is 0.325 e. The predicted molar refractivity (Wildman–Crippen MR) is 79.9 cm³/mol. The van der Waals surface area contributed by atoms with Gasteiger partial charge in [-0.15, -0.1) is 5.10 Å². The first-order chi connectivity index (χ1) is 10.4. The number of aromatic nitrogens is 3. The van der Waals surface area contributed by atoms with Crippen LogP contribution in [0.4, 0.5) is 4.39 Å². The maximum absolute atomic E-state index is 13.3. The van der Waals surface area contributed by atoms with Crippen LogP contribution >= 0.6 is 15.9 Å². The summed E-state index contributed by atoms with van der Waals surface area (Å²) < 4.78 is 41.5. The molecule has 22 heavy (non-hydrogen) atoms. The summed E-state index contributed by atoms with van der Waals surface area (Å²) >= 11 is 3.00. The molecule has 1 aliphatic heterocycles. The highest BCUT2D eigenvalue weighted by atomic mass is 79.9. The molecule has 0 saturated carbocycles. The lowest BCUT2D eigenvalue weighted by molar-refractivity contribution is 0.416. The summed E-state index contributed by atoms with van der Waals surface area (Å²) in [4.78, 5) is 0.0206. The molecule has 3 rings (SSSR count). The van der Waals surface area contributed by atoms with Crippen LogP contribution in [0.15, 0.2) is 40.0 Å². The summed E-state index contributed by atoms with van der Waals surface area (Å²) in [7, 11) is -3.74. The third-order valence-corrected chi connectivity index (χ3v) is 6.04. The van der Waals surface area contributed by atoms with Gasteiger partial charge >= 0.3 is 0 Å². The first kappa shape index (κ1) is 15.5. The fourth-order valence-electron chi connectivity index (χ4n) is 2.43. The number of hydrogen-bond donors (Lipinski definition) is 1. The Kier molecular flexibility index (Phi) is 4.02. The highest BCUT2D eigenvalue weighted by molar-refractivity contribution is 9.10. The Labute approximate surface area is 135 Å². The van der Waals surface area contributed by atoms with Crippen molar-refractivity contribution in [2.45, 2.75) is 17.0 Å². The van der Waals surface area contributed by atoms with Gasteiger partial charge in [-0.05, 0) is 34.1 Å². The number of sulfonamides is 1. The summed E-state index contributed by atoms with van der Waals surface area (Å²) in [6.45, 7) is 0.365. The number of benzene rings is 1. The van der Waals surface area contributed by atoms with Crippen LogP contribution < -0.4 is 5.73 Å². The second-order valence-electron chi connectivity index (χ2n) is 5.01. The molecule has 7 nitrogen and oxygen atoms in total. The number of nitrogens with zero attached hydrogens (tertiary/aromatic N) is 4. The molecule has 1 fully saturated rings. The fraction of sp³-hybridized carbons (Fsp3) is 0.333. The van der Waals surface area contributed by atoms with E-state index < -0.39 is 15.8 Å². The van der Waals surface area contributed by atoms with E-state index in [0.717, 1.165) is 6.07 Å². The Hall–Kier alpha value is -1.36. The third kappa shape index (κ3) is 2.67. The van der Waals surface area contributed by atoms with Crippen LogP contribution in [0.2, 0.25) is 0 Å². The molecule has 0 radical (unpaired) electrons. The lowest BCUT2D eigenvalue weighted by Gasteiger charge is -2.16. The van der Waals surface area contributed by atoms with Crippen molar-refractivity contribution in [2.24, 2.45) is 5.73 Å². The van der Waals surface area contributed by atoms with Gasteiger partial charge in [-0.2, -0.15) is 4.31 Å². The Morgan fingerprint density at radius 2 is 2.14 bits per heavy atom. The van der Waals surface area contributed by atoms with Crippen LogP contribution in [0.5, 0.6) is 0 Å². The van der Waals surface area contributed by atoms with E-state index in [1.54, 1.807) is 10.9 Å². The first-order valence-corrected chi connectivity index (χ1v) is 8.69. The second-order valence-corrected chi connectivity index (χ2v) is 7.80. The minimum Gasteiger partial charge on any atom is -0.325 e.